The third-order valence-corrected chi connectivity index (χ3v) is 6.03. The van der Waals surface area contributed by atoms with Crippen molar-refractivity contribution >= 4 is 21.6 Å². The van der Waals surface area contributed by atoms with E-state index in [1.807, 2.05) is 4.57 Å². The van der Waals surface area contributed by atoms with Gasteiger partial charge in [0, 0.05) is 10.9 Å². The van der Waals surface area contributed by atoms with Crippen LogP contribution in [-0.2, 0) is 19.4 Å². The number of aromatic nitrogens is 2. The number of thiophene rings is 1. The first-order valence-electron chi connectivity index (χ1n) is 8.45. The van der Waals surface area contributed by atoms with E-state index in [4.69, 9.17) is 4.98 Å². The van der Waals surface area contributed by atoms with Crippen molar-refractivity contribution in [3.8, 4) is 0 Å². The highest BCUT2D eigenvalue weighted by molar-refractivity contribution is 7.18. The first-order chi connectivity index (χ1) is 10.7. The topological polar surface area (TPSA) is 46.9 Å². The summed E-state index contributed by atoms with van der Waals surface area (Å²) in [6, 6.07) is 0.385. The van der Waals surface area contributed by atoms with Crippen LogP contribution in [0.25, 0.3) is 10.2 Å². The monoisotopic (exact) mass is 317 g/mol. The molecule has 1 saturated carbocycles. The molecule has 5 heteroatoms. The summed E-state index contributed by atoms with van der Waals surface area (Å²) in [5.41, 5.74) is 1.52. The molecule has 1 unspecified atom stereocenters. The Balaban J connectivity index is 1.91. The second kappa shape index (κ2) is 5.46. The van der Waals surface area contributed by atoms with E-state index in [2.05, 4.69) is 19.2 Å². The fraction of sp³-hybridized carbons (Fsp3) is 0.647. The van der Waals surface area contributed by atoms with Crippen LogP contribution in [0.15, 0.2) is 4.79 Å². The van der Waals surface area contributed by atoms with Gasteiger partial charge in [-0.05, 0) is 50.1 Å². The van der Waals surface area contributed by atoms with Crippen LogP contribution in [0.4, 0.5) is 0 Å². The molecule has 22 heavy (non-hydrogen) atoms. The molecule has 2 aromatic rings. The number of aryl methyl sites for hydroxylation is 1. The van der Waals surface area contributed by atoms with Gasteiger partial charge in [-0.25, -0.2) is 4.98 Å². The van der Waals surface area contributed by atoms with Crippen molar-refractivity contribution in [1.82, 2.24) is 14.9 Å². The number of fused-ring (bicyclic) bond motifs is 3. The van der Waals surface area contributed by atoms with Crippen LogP contribution in [0.3, 0.4) is 0 Å². The Morgan fingerprint density at radius 1 is 1.36 bits per heavy atom. The molecule has 0 aromatic carbocycles. The zero-order valence-corrected chi connectivity index (χ0v) is 14.1. The van der Waals surface area contributed by atoms with Gasteiger partial charge >= 0.3 is 0 Å². The third-order valence-electron chi connectivity index (χ3n) is 4.88. The normalized spacial score (nSPS) is 21.3. The smallest absolute Gasteiger partial charge is 0.262 e. The summed E-state index contributed by atoms with van der Waals surface area (Å²) in [6.45, 7) is 5.98. The molecule has 2 aliphatic carbocycles. The predicted octanol–water partition coefficient (Wildman–Crippen LogP) is 3.03. The Morgan fingerprint density at radius 3 is 2.91 bits per heavy atom. The van der Waals surface area contributed by atoms with Crippen molar-refractivity contribution in [3.63, 3.8) is 0 Å². The fourth-order valence-electron chi connectivity index (χ4n) is 3.52. The Kier molecular flexibility index (Phi) is 3.57. The molecule has 2 aliphatic rings. The molecule has 4 rings (SSSR count). The second-order valence-electron chi connectivity index (χ2n) is 6.75. The molecule has 0 spiro atoms. The molecule has 0 aliphatic heterocycles. The van der Waals surface area contributed by atoms with Crippen LogP contribution in [0, 0.1) is 5.92 Å². The van der Waals surface area contributed by atoms with Crippen LogP contribution in [0.5, 0.6) is 0 Å². The van der Waals surface area contributed by atoms with Crippen LogP contribution in [0.2, 0.25) is 0 Å². The zero-order valence-electron chi connectivity index (χ0n) is 13.3. The van der Waals surface area contributed by atoms with Gasteiger partial charge in [0.2, 0.25) is 0 Å². The maximum atomic E-state index is 13.1. The van der Waals surface area contributed by atoms with Gasteiger partial charge in [0.1, 0.15) is 10.7 Å². The lowest BCUT2D eigenvalue weighted by Gasteiger charge is -2.17. The summed E-state index contributed by atoms with van der Waals surface area (Å²) in [5.74, 6) is 1.65. The summed E-state index contributed by atoms with van der Waals surface area (Å²) in [4.78, 5) is 20.4. The number of hydrogen-bond donors (Lipinski definition) is 1. The average Bonchev–Trinajstić information content (AvgIpc) is 3.25. The Bertz CT molecular complexity index is 772. The van der Waals surface area contributed by atoms with E-state index in [0.29, 0.717) is 12.6 Å². The standard InChI is InChI=1S/C17H23N3OS/c1-3-18-9-14-19-16-15(17(21)20(14)11-5-6-11)12-7-4-10(2)8-13(12)22-16/h10-11,18H,3-9H2,1-2H3. The van der Waals surface area contributed by atoms with Crippen molar-refractivity contribution in [1.29, 1.82) is 0 Å². The van der Waals surface area contributed by atoms with Gasteiger partial charge in [-0.1, -0.05) is 13.8 Å². The van der Waals surface area contributed by atoms with Gasteiger partial charge in [-0.15, -0.1) is 11.3 Å². The van der Waals surface area contributed by atoms with Crippen LogP contribution < -0.4 is 10.9 Å². The number of nitrogens with one attached hydrogen (secondary N) is 1. The first kappa shape index (κ1) is 14.4. The molecule has 118 valence electrons. The molecule has 2 aromatic heterocycles. The second-order valence-corrected chi connectivity index (χ2v) is 7.83. The predicted molar refractivity (Wildman–Crippen MR) is 90.7 cm³/mol. The minimum Gasteiger partial charge on any atom is -0.310 e. The van der Waals surface area contributed by atoms with Gasteiger partial charge in [-0.2, -0.15) is 0 Å². The van der Waals surface area contributed by atoms with E-state index >= 15 is 0 Å². The van der Waals surface area contributed by atoms with E-state index in [9.17, 15) is 4.79 Å². The molecule has 1 N–H and O–H groups in total. The van der Waals surface area contributed by atoms with Gasteiger partial charge in [0.05, 0.1) is 11.9 Å². The Morgan fingerprint density at radius 2 is 2.18 bits per heavy atom. The van der Waals surface area contributed by atoms with Gasteiger partial charge in [-0.3, -0.25) is 9.36 Å². The summed E-state index contributed by atoms with van der Waals surface area (Å²) >= 11 is 1.75. The maximum Gasteiger partial charge on any atom is 0.262 e. The highest BCUT2D eigenvalue weighted by atomic mass is 32.1. The quantitative estimate of drug-likeness (QED) is 0.943. The lowest BCUT2D eigenvalue weighted by atomic mass is 9.89. The van der Waals surface area contributed by atoms with Crippen LogP contribution >= 0.6 is 11.3 Å². The van der Waals surface area contributed by atoms with Crippen molar-refractivity contribution in [3.05, 3.63) is 26.6 Å². The summed E-state index contributed by atoms with van der Waals surface area (Å²) in [7, 11) is 0. The molecule has 1 fully saturated rings. The average molecular weight is 317 g/mol. The summed E-state index contributed by atoms with van der Waals surface area (Å²) in [5, 5.41) is 4.26. The van der Waals surface area contributed by atoms with E-state index < -0.39 is 0 Å². The molecule has 1 atom stereocenters. The Hall–Kier alpha value is -1.20. The number of rotatable bonds is 4. The van der Waals surface area contributed by atoms with E-state index in [1.54, 1.807) is 11.3 Å². The van der Waals surface area contributed by atoms with Crippen molar-refractivity contribution in [2.24, 2.45) is 5.92 Å². The molecule has 0 bridgehead atoms. The van der Waals surface area contributed by atoms with E-state index in [0.717, 1.165) is 54.2 Å². The van der Waals surface area contributed by atoms with Crippen LogP contribution in [0.1, 0.15) is 55.4 Å². The molecule has 2 heterocycles. The lowest BCUT2D eigenvalue weighted by molar-refractivity contribution is 0.509. The third kappa shape index (κ3) is 2.31. The molecule has 4 nitrogen and oxygen atoms in total. The van der Waals surface area contributed by atoms with E-state index in [1.165, 1.54) is 16.9 Å². The summed E-state index contributed by atoms with van der Waals surface area (Å²) in [6.07, 6.45) is 5.60. The van der Waals surface area contributed by atoms with Gasteiger partial charge < -0.3 is 5.32 Å². The van der Waals surface area contributed by atoms with Crippen molar-refractivity contribution < 1.29 is 0 Å². The zero-order chi connectivity index (χ0) is 15.3. The molecular formula is C17H23N3OS. The minimum absolute atomic E-state index is 0.215. The summed E-state index contributed by atoms with van der Waals surface area (Å²) < 4.78 is 1.98. The first-order valence-corrected chi connectivity index (χ1v) is 9.27. The highest BCUT2D eigenvalue weighted by Crippen LogP contribution is 2.38. The lowest BCUT2D eigenvalue weighted by Crippen LogP contribution is -2.28. The SMILES string of the molecule is CCNCc1nc2sc3c(c2c(=O)n1C1CC1)CCC(C)C3. The molecule has 0 saturated heterocycles. The number of nitrogens with zero attached hydrogens (tertiary/aromatic N) is 2. The van der Waals surface area contributed by atoms with Crippen molar-refractivity contribution in [2.45, 2.75) is 58.5 Å². The van der Waals surface area contributed by atoms with Crippen LogP contribution in [-0.4, -0.2) is 16.1 Å². The van der Waals surface area contributed by atoms with E-state index in [-0.39, 0.29) is 5.56 Å². The number of hydrogen-bond acceptors (Lipinski definition) is 4. The maximum absolute atomic E-state index is 13.1. The Labute approximate surface area is 134 Å². The fourth-order valence-corrected chi connectivity index (χ4v) is 4.91. The van der Waals surface area contributed by atoms with Gasteiger partial charge in [0.25, 0.3) is 5.56 Å². The minimum atomic E-state index is 0.215. The van der Waals surface area contributed by atoms with Crippen molar-refractivity contribution in [2.75, 3.05) is 6.54 Å². The van der Waals surface area contributed by atoms with Gasteiger partial charge in [0.15, 0.2) is 0 Å². The largest absolute Gasteiger partial charge is 0.310 e. The molecule has 0 amide bonds. The molecular weight excluding hydrogens is 294 g/mol. The highest BCUT2D eigenvalue weighted by Gasteiger charge is 2.30. The molecule has 0 radical (unpaired) electrons.